The Labute approximate surface area is 191 Å². The molecule has 0 spiro atoms. The molecule has 0 N–H and O–H groups in total. The van der Waals surface area contributed by atoms with Crippen LogP contribution in [0.1, 0.15) is 17.1 Å². The molecular formula is C23H17N5O4S. The molecule has 9 nitrogen and oxygen atoms in total. The lowest BCUT2D eigenvalue weighted by Crippen LogP contribution is -2.24. The van der Waals surface area contributed by atoms with E-state index in [0.717, 1.165) is 22.7 Å². The average molecular weight is 459 g/mol. The van der Waals surface area contributed by atoms with Crippen LogP contribution in [0.25, 0.3) is 16.7 Å². The van der Waals surface area contributed by atoms with Gasteiger partial charge < -0.3 is 9.30 Å². The molecule has 3 aromatic heterocycles. The molecule has 2 aromatic carbocycles. The maximum atomic E-state index is 12.9. The highest BCUT2D eigenvalue weighted by Gasteiger charge is 2.12. The van der Waals surface area contributed by atoms with Crippen molar-refractivity contribution in [3.8, 4) is 11.4 Å². The lowest BCUT2D eigenvalue weighted by atomic mass is 10.2. The Hall–Kier alpha value is -4.31. The minimum Gasteiger partial charge on any atom is -0.485 e. The molecule has 0 aliphatic heterocycles. The van der Waals surface area contributed by atoms with Gasteiger partial charge in [-0.1, -0.05) is 29.5 Å². The first-order valence-electron chi connectivity index (χ1n) is 10.0. The smallest absolute Gasteiger partial charge is 0.291 e. The van der Waals surface area contributed by atoms with E-state index in [0.29, 0.717) is 15.3 Å². The standard InChI is InChI=1S/C23H17N5O4S/c1-15-5-2-3-7-19(15)32-14-21-24-23-27(25-21)22(29)20(33-23)13-18-6-4-12-26(18)16-8-10-17(11-9-16)28(30)31/h2-13H,14H2,1H3/b20-13-. The number of hydrogen-bond acceptors (Lipinski definition) is 7. The Morgan fingerprint density at radius 3 is 2.64 bits per heavy atom. The van der Waals surface area contributed by atoms with Gasteiger partial charge in [-0.25, -0.2) is 0 Å². The SMILES string of the molecule is Cc1ccccc1OCc1nc2s/c(=C\c3cccn3-c3ccc([N+](=O)[O-])cc3)c(=O)n2n1. The number of aryl methyl sites for hydroxylation is 1. The normalized spacial score (nSPS) is 11.8. The number of aromatic nitrogens is 4. The predicted octanol–water partition coefficient (Wildman–Crippen LogP) is 3.29. The van der Waals surface area contributed by atoms with E-state index < -0.39 is 4.92 Å². The number of nitro benzene ring substituents is 1. The van der Waals surface area contributed by atoms with Gasteiger partial charge in [-0.05, 0) is 48.9 Å². The van der Waals surface area contributed by atoms with Crippen molar-refractivity contribution < 1.29 is 9.66 Å². The lowest BCUT2D eigenvalue weighted by Gasteiger charge is -2.06. The van der Waals surface area contributed by atoms with Crippen molar-refractivity contribution in [2.75, 3.05) is 0 Å². The van der Waals surface area contributed by atoms with Gasteiger partial charge in [0.25, 0.3) is 11.2 Å². The first-order valence-corrected chi connectivity index (χ1v) is 10.8. The summed E-state index contributed by atoms with van der Waals surface area (Å²) < 4.78 is 9.39. The number of nitro groups is 1. The number of non-ortho nitro benzene ring substituents is 1. The fourth-order valence-corrected chi connectivity index (χ4v) is 4.32. The Morgan fingerprint density at radius 1 is 1.12 bits per heavy atom. The number of benzene rings is 2. The van der Waals surface area contributed by atoms with E-state index in [9.17, 15) is 14.9 Å². The van der Waals surface area contributed by atoms with Gasteiger partial charge >= 0.3 is 0 Å². The van der Waals surface area contributed by atoms with Gasteiger partial charge in [0.1, 0.15) is 16.9 Å². The number of ether oxygens (including phenoxy) is 1. The largest absolute Gasteiger partial charge is 0.485 e. The molecule has 33 heavy (non-hydrogen) atoms. The van der Waals surface area contributed by atoms with Crippen LogP contribution in [0.4, 0.5) is 5.69 Å². The number of para-hydroxylation sites is 1. The molecular weight excluding hydrogens is 442 g/mol. The third-order valence-electron chi connectivity index (χ3n) is 5.07. The van der Waals surface area contributed by atoms with Crippen molar-refractivity contribution >= 4 is 28.1 Å². The summed E-state index contributed by atoms with van der Waals surface area (Å²) in [5.41, 5.74) is 2.27. The van der Waals surface area contributed by atoms with Gasteiger partial charge in [-0.15, -0.1) is 5.10 Å². The van der Waals surface area contributed by atoms with Crippen LogP contribution < -0.4 is 14.8 Å². The van der Waals surface area contributed by atoms with E-state index in [-0.39, 0.29) is 17.9 Å². The van der Waals surface area contributed by atoms with Crippen LogP contribution in [0.15, 0.2) is 71.7 Å². The number of rotatable bonds is 6. The third kappa shape index (κ3) is 3.99. The number of fused-ring (bicyclic) bond motifs is 1. The summed E-state index contributed by atoms with van der Waals surface area (Å²) in [5, 5.41) is 15.2. The van der Waals surface area contributed by atoms with Crippen LogP contribution in [0.3, 0.4) is 0 Å². The van der Waals surface area contributed by atoms with E-state index in [2.05, 4.69) is 10.1 Å². The van der Waals surface area contributed by atoms with Crippen molar-refractivity contribution in [3.05, 3.63) is 109 Å². The summed E-state index contributed by atoms with van der Waals surface area (Å²) in [4.78, 5) is 28.3. The van der Waals surface area contributed by atoms with E-state index in [1.807, 2.05) is 54.1 Å². The monoisotopic (exact) mass is 459 g/mol. The molecule has 0 saturated carbocycles. The molecule has 0 amide bonds. The Morgan fingerprint density at radius 2 is 1.91 bits per heavy atom. The lowest BCUT2D eigenvalue weighted by molar-refractivity contribution is -0.384. The van der Waals surface area contributed by atoms with E-state index >= 15 is 0 Å². The molecule has 0 aliphatic rings. The molecule has 0 atom stereocenters. The molecule has 5 aromatic rings. The zero-order valence-corrected chi connectivity index (χ0v) is 18.2. The van der Waals surface area contributed by atoms with Crippen molar-refractivity contribution in [1.29, 1.82) is 0 Å². The van der Waals surface area contributed by atoms with Gasteiger partial charge in [0.2, 0.25) is 4.96 Å². The summed E-state index contributed by atoms with van der Waals surface area (Å²) in [5.74, 6) is 1.18. The summed E-state index contributed by atoms with van der Waals surface area (Å²) in [6.07, 6.45) is 3.59. The molecule has 0 fully saturated rings. The van der Waals surface area contributed by atoms with E-state index in [4.69, 9.17) is 4.74 Å². The molecule has 5 rings (SSSR count). The minimum absolute atomic E-state index is 0.0195. The predicted molar refractivity (Wildman–Crippen MR) is 124 cm³/mol. The zero-order valence-electron chi connectivity index (χ0n) is 17.4. The van der Waals surface area contributed by atoms with Gasteiger partial charge in [0, 0.05) is 29.7 Å². The molecule has 0 bridgehead atoms. The molecule has 0 aliphatic carbocycles. The van der Waals surface area contributed by atoms with Crippen molar-refractivity contribution in [1.82, 2.24) is 19.2 Å². The Balaban J connectivity index is 1.43. The highest BCUT2D eigenvalue weighted by atomic mass is 32.1. The number of thiazole rings is 1. The average Bonchev–Trinajstić information content (AvgIpc) is 3.51. The van der Waals surface area contributed by atoms with Crippen LogP contribution in [0.2, 0.25) is 0 Å². The fraction of sp³-hybridized carbons (Fsp3) is 0.0870. The highest BCUT2D eigenvalue weighted by molar-refractivity contribution is 7.15. The second-order valence-corrected chi connectivity index (χ2v) is 8.28. The van der Waals surface area contributed by atoms with Crippen LogP contribution in [-0.2, 0) is 6.61 Å². The van der Waals surface area contributed by atoms with E-state index in [1.54, 1.807) is 18.2 Å². The summed E-state index contributed by atoms with van der Waals surface area (Å²) in [7, 11) is 0. The quantitative estimate of drug-likeness (QED) is 0.285. The summed E-state index contributed by atoms with van der Waals surface area (Å²) in [6.45, 7) is 2.12. The molecule has 3 heterocycles. The minimum atomic E-state index is -0.440. The maximum absolute atomic E-state index is 12.9. The van der Waals surface area contributed by atoms with Crippen molar-refractivity contribution in [2.24, 2.45) is 0 Å². The molecule has 10 heteroatoms. The second kappa shape index (κ2) is 8.32. The van der Waals surface area contributed by atoms with Crippen LogP contribution >= 0.6 is 11.3 Å². The van der Waals surface area contributed by atoms with Crippen molar-refractivity contribution in [3.63, 3.8) is 0 Å². The number of nitrogens with zero attached hydrogens (tertiary/aromatic N) is 5. The maximum Gasteiger partial charge on any atom is 0.291 e. The van der Waals surface area contributed by atoms with Gasteiger partial charge in [-0.2, -0.15) is 9.50 Å². The van der Waals surface area contributed by atoms with Gasteiger partial charge in [0.05, 0.1) is 4.92 Å². The van der Waals surface area contributed by atoms with Crippen LogP contribution in [0.5, 0.6) is 5.75 Å². The van der Waals surface area contributed by atoms with E-state index in [1.165, 1.54) is 28.0 Å². The molecule has 164 valence electrons. The number of hydrogen-bond donors (Lipinski definition) is 0. The van der Waals surface area contributed by atoms with Gasteiger partial charge in [0.15, 0.2) is 5.82 Å². The fourth-order valence-electron chi connectivity index (χ4n) is 3.41. The van der Waals surface area contributed by atoms with Crippen LogP contribution in [-0.4, -0.2) is 24.1 Å². The van der Waals surface area contributed by atoms with Gasteiger partial charge in [-0.3, -0.25) is 14.9 Å². The molecule has 0 saturated heterocycles. The third-order valence-corrected chi connectivity index (χ3v) is 6.03. The van der Waals surface area contributed by atoms with Crippen molar-refractivity contribution in [2.45, 2.75) is 13.5 Å². The first kappa shape index (κ1) is 20.6. The Bertz CT molecular complexity index is 1580. The second-order valence-electron chi connectivity index (χ2n) is 7.27. The molecule has 0 unspecified atom stereocenters. The molecule has 0 radical (unpaired) electrons. The highest BCUT2D eigenvalue weighted by Crippen LogP contribution is 2.19. The summed E-state index contributed by atoms with van der Waals surface area (Å²) in [6, 6.07) is 17.6. The zero-order chi connectivity index (χ0) is 22.9. The van der Waals surface area contributed by atoms with Crippen LogP contribution in [0, 0.1) is 17.0 Å². The topological polar surface area (TPSA) is 105 Å². The Kier molecular flexibility index (Phi) is 5.19. The summed E-state index contributed by atoms with van der Waals surface area (Å²) >= 11 is 1.24. The first-order chi connectivity index (χ1) is 16.0.